The molecule has 2 aromatic carbocycles. The van der Waals surface area contributed by atoms with Gasteiger partial charge in [0.2, 0.25) is 0 Å². The molecular formula is C24H30O6. The lowest BCUT2D eigenvalue weighted by Gasteiger charge is -2.45. The van der Waals surface area contributed by atoms with Crippen LogP contribution in [0.5, 0.6) is 0 Å². The van der Waals surface area contributed by atoms with Crippen LogP contribution in [-0.4, -0.2) is 57.1 Å². The summed E-state index contributed by atoms with van der Waals surface area (Å²) in [6, 6.07) is 20.1. The number of methoxy groups -OCH3 is 2. The van der Waals surface area contributed by atoms with Crippen molar-refractivity contribution in [2.75, 3.05) is 14.2 Å². The van der Waals surface area contributed by atoms with Crippen LogP contribution in [0, 0.1) is 0 Å². The largest absolute Gasteiger partial charge is 0.376 e. The molecule has 4 rings (SSSR count). The lowest BCUT2D eigenvalue weighted by molar-refractivity contribution is -0.315. The number of hydrogen-bond acceptors (Lipinski definition) is 6. The molecule has 2 aliphatic heterocycles. The van der Waals surface area contributed by atoms with Gasteiger partial charge in [0.15, 0.2) is 6.29 Å². The van der Waals surface area contributed by atoms with Gasteiger partial charge in [0, 0.05) is 14.2 Å². The first-order chi connectivity index (χ1) is 14.7. The molecule has 0 aromatic heterocycles. The van der Waals surface area contributed by atoms with Gasteiger partial charge in [-0.25, -0.2) is 0 Å². The summed E-state index contributed by atoms with van der Waals surface area (Å²) in [6.07, 6.45) is -1.94. The lowest BCUT2D eigenvalue weighted by Crippen LogP contribution is -2.61. The van der Waals surface area contributed by atoms with E-state index in [0.29, 0.717) is 13.2 Å². The summed E-state index contributed by atoms with van der Waals surface area (Å²) in [5.74, 6) is 0. The van der Waals surface area contributed by atoms with Crippen molar-refractivity contribution < 1.29 is 28.4 Å². The van der Waals surface area contributed by atoms with Gasteiger partial charge >= 0.3 is 0 Å². The van der Waals surface area contributed by atoms with Crippen LogP contribution in [0.25, 0.3) is 0 Å². The predicted octanol–water partition coefficient (Wildman–Crippen LogP) is 3.33. The summed E-state index contributed by atoms with van der Waals surface area (Å²) in [7, 11) is 3.30. The van der Waals surface area contributed by atoms with Gasteiger partial charge in [0.1, 0.15) is 30.5 Å². The average Bonchev–Trinajstić information content (AvgIpc) is 3.53. The topological polar surface area (TPSA) is 58.7 Å². The monoisotopic (exact) mass is 414 g/mol. The fraction of sp³-hybridized carbons (Fsp3) is 0.500. The van der Waals surface area contributed by atoms with Crippen LogP contribution >= 0.6 is 0 Å². The Balaban J connectivity index is 1.54. The van der Waals surface area contributed by atoms with Crippen LogP contribution in [-0.2, 0) is 41.6 Å². The molecule has 2 fully saturated rings. The average molecular weight is 414 g/mol. The molecule has 0 unspecified atom stereocenters. The van der Waals surface area contributed by atoms with Crippen molar-refractivity contribution in [3.63, 3.8) is 0 Å². The number of ether oxygens (including phenoxy) is 6. The Labute approximate surface area is 178 Å². The normalized spacial score (nSPS) is 33.4. The summed E-state index contributed by atoms with van der Waals surface area (Å²) in [5.41, 5.74) is 2.16. The van der Waals surface area contributed by atoms with Crippen LogP contribution < -0.4 is 0 Å². The van der Waals surface area contributed by atoms with Crippen molar-refractivity contribution >= 4 is 0 Å². The van der Waals surface area contributed by atoms with E-state index >= 15 is 0 Å². The highest BCUT2D eigenvalue weighted by Gasteiger charge is 2.56. The van der Waals surface area contributed by atoms with Gasteiger partial charge in [-0.3, -0.25) is 0 Å². The SMILES string of the molecule is CO[C@H]1O[C@H]([C@H]2O[C@@H]2C)[C@H](OC)[C@H](OCc2ccccc2)[C@H]1OCc1ccccc1. The fourth-order valence-corrected chi connectivity index (χ4v) is 4.00. The predicted molar refractivity (Wildman–Crippen MR) is 111 cm³/mol. The van der Waals surface area contributed by atoms with Gasteiger partial charge in [-0.15, -0.1) is 0 Å². The summed E-state index contributed by atoms with van der Waals surface area (Å²) in [6.45, 7) is 2.90. The third-order valence-corrected chi connectivity index (χ3v) is 5.69. The number of rotatable bonds is 9. The fourth-order valence-electron chi connectivity index (χ4n) is 4.00. The number of benzene rings is 2. The molecular weight excluding hydrogens is 384 g/mol. The molecule has 6 nitrogen and oxygen atoms in total. The van der Waals surface area contributed by atoms with Crippen LogP contribution in [0.3, 0.4) is 0 Å². The molecule has 2 heterocycles. The molecule has 7 atom stereocenters. The van der Waals surface area contributed by atoms with E-state index in [1.165, 1.54) is 0 Å². The molecule has 2 aromatic rings. The minimum atomic E-state index is -0.581. The van der Waals surface area contributed by atoms with Crippen LogP contribution in [0.1, 0.15) is 18.1 Å². The van der Waals surface area contributed by atoms with E-state index in [4.69, 9.17) is 28.4 Å². The zero-order valence-electron chi connectivity index (χ0n) is 17.7. The van der Waals surface area contributed by atoms with Gasteiger partial charge < -0.3 is 28.4 Å². The van der Waals surface area contributed by atoms with Crippen LogP contribution in [0.2, 0.25) is 0 Å². The van der Waals surface area contributed by atoms with E-state index in [2.05, 4.69) is 0 Å². The first kappa shape index (κ1) is 21.4. The number of hydrogen-bond donors (Lipinski definition) is 0. The third kappa shape index (κ3) is 4.91. The Morgan fingerprint density at radius 3 is 1.67 bits per heavy atom. The van der Waals surface area contributed by atoms with E-state index in [9.17, 15) is 0 Å². The minimum absolute atomic E-state index is 0.0366. The van der Waals surface area contributed by atoms with Gasteiger partial charge in [0.25, 0.3) is 0 Å². The molecule has 2 saturated heterocycles. The molecule has 0 saturated carbocycles. The van der Waals surface area contributed by atoms with Crippen LogP contribution in [0.15, 0.2) is 60.7 Å². The van der Waals surface area contributed by atoms with E-state index in [-0.39, 0.29) is 30.5 Å². The Morgan fingerprint density at radius 1 is 0.667 bits per heavy atom. The molecule has 2 aliphatic rings. The van der Waals surface area contributed by atoms with Crippen LogP contribution in [0.4, 0.5) is 0 Å². The maximum atomic E-state index is 6.38. The zero-order valence-corrected chi connectivity index (χ0v) is 17.7. The standard InChI is InChI=1S/C24H30O6/c1-16-19(29-16)22-20(25-2)21(27-14-17-10-6-4-7-11-17)23(24(26-3)30-22)28-15-18-12-8-5-9-13-18/h4-13,16,19-24H,14-15H2,1-3H3/t16-,19+,20-,21+,22-,23-,24+/m1/s1. The van der Waals surface area contributed by atoms with Crippen molar-refractivity contribution in [2.45, 2.75) is 63.1 Å². The highest BCUT2D eigenvalue weighted by molar-refractivity contribution is 5.15. The zero-order chi connectivity index (χ0) is 20.9. The molecule has 162 valence electrons. The molecule has 6 heteroatoms. The second-order valence-corrected chi connectivity index (χ2v) is 7.73. The second-order valence-electron chi connectivity index (χ2n) is 7.73. The Morgan fingerprint density at radius 2 is 1.20 bits per heavy atom. The molecule has 0 spiro atoms. The molecule has 0 radical (unpaired) electrons. The third-order valence-electron chi connectivity index (χ3n) is 5.69. The van der Waals surface area contributed by atoms with E-state index in [0.717, 1.165) is 11.1 Å². The van der Waals surface area contributed by atoms with Gasteiger partial charge in [-0.2, -0.15) is 0 Å². The minimum Gasteiger partial charge on any atom is -0.376 e. The van der Waals surface area contributed by atoms with E-state index in [1.807, 2.05) is 67.6 Å². The first-order valence-electron chi connectivity index (χ1n) is 10.4. The molecule has 0 bridgehead atoms. The first-order valence-corrected chi connectivity index (χ1v) is 10.4. The van der Waals surface area contributed by atoms with Crippen molar-refractivity contribution in [2.24, 2.45) is 0 Å². The molecule has 0 aliphatic carbocycles. The summed E-state index contributed by atoms with van der Waals surface area (Å²) in [5, 5.41) is 0. The highest BCUT2D eigenvalue weighted by atomic mass is 16.7. The highest BCUT2D eigenvalue weighted by Crippen LogP contribution is 2.37. The Kier molecular flexibility index (Phi) is 7.15. The quantitative estimate of drug-likeness (QED) is 0.587. The smallest absolute Gasteiger partial charge is 0.186 e. The molecule has 0 amide bonds. The van der Waals surface area contributed by atoms with Gasteiger partial charge in [-0.1, -0.05) is 60.7 Å². The van der Waals surface area contributed by atoms with Gasteiger partial charge in [0.05, 0.1) is 19.3 Å². The van der Waals surface area contributed by atoms with E-state index < -0.39 is 12.4 Å². The summed E-state index contributed by atoms with van der Waals surface area (Å²) < 4.78 is 36.1. The maximum Gasteiger partial charge on any atom is 0.186 e. The van der Waals surface area contributed by atoms with Crippen molar-refractivity contribution in [1.29, 1.82) is 0 Å². The van der Waals surface area contributed by atoms with Crippen molar-refractivity contribution in [3.05, 3.63) is 71.8 Å². The Bertz CT molecular complexity index is 770. The van der Waals surface area contributed by atoms with Crippen molar-refractivity contribution in [3.8, 4) is 0 Å². The lowest BCUT2D eigenvalue weighted by atomic mass is 9.95. The number of epoxide rings is 1. The van der Waals surface area contributed by atoms with Gasteiger partial charge in [-0.05, 0) is 18.1 Å². The Hall–Kier alpha value is -1.80. The van der Waals surface area contributed by atoms with E-state index in [1.54, 1.807) is 14.2 Å². The molecule has 30 heavy (non-hydrogen) atoms. The maximum absolute atomic E-state index is 6.38. The summed E-state index contributed by atoms with van der Waals surface area (Å²) >= 11 is 0. The summed E-state index contributed by atoms with van der Waals surface area (Å²) in [4.78, 5) is 0. The van der Waals surface area contributed by atoms with Crippen molar-refractivity contribution in [1.82, 2.24) is 0 Å². The molecule has 0 N–H and O–H groups in total. The second kappa shape index (κ2) is 10.0.